The molecular formula is C35H30F3N3O6. The number of H-pyrrole nitrogens is 1. The SMILES string of the molecule is O=C(O)c1c(OC(=O)C(F)(F)F)c2c([nH]c1=O)-c1ccc(N3C[C@@H]4C(N(Cc5ccccc5)Cc5ccccc5)[C@@H]4C3)cc1OCC2. The van der Waals surface area contributed by atoms with Crippen LogP contribution in [0.15, 0.2) is 83.7 Å². The van der Waals surface area contributed by atoms with Crippen molar-refractivity contribution in [3.05, 3.63) is 111 Å². The first kappa shape index (κ1) is 30.5. The number of benzene rings is 3. The molecule has 1 saturated heterocycles. The van der Waals surface area contributed by atoms with Gasteiger partial charge in [-0.05, 0) is 35.1 Å². The number of fused-ring (bicyclic) bond motifs is 4. The number of carboxylic acid groups (broad SMARTS) is 1. The van der Waals surface area contributed by atoms with Gasteiger partial charge in [0.05, 0.1) is 12.3 Å². The number of nitrogens with one attached hydrogen (secondary N) is 1. The Balaban J connectivity index is 1.13. The molecule has 47 heavy (non-hydrogen) atoms. The zero-order valence-corrected chi connectivity index (χ0v) is 25.0. The highest BCUT2D eigenvalue weighted by molar-refractivity contribution is 5.94. The van der Waals surface area contributed by atoms with Crippen LogP contribution in [0.5, 0.6) is 11.5 Å². The average molecular weight is 646 g/mol. The second-order valence-corrected chi connectivity index (χ2v) is 12.1. The fourth-order valence-corrected chi connectivity index (χ4v) is 6.99. The van der Waals surface area contributed by atoms with Gasteiger partial charge in [0.1, 0.15) is 5.75 Å². The van der Waals surface area contributed by atoms with E-state index in [1.165, 1.54) is 11.1 Å². The first-order valence-electron chi connectivity index (χ1n) is 15.2. The van der Waals surface area contributed by atoms with Gasteiger partial charge in [0.2, 0.25) is 0 Å². The van der Waals surface area contributed by atoms with E-state index < -0.39 is 35.0 Å². The molecule has 2 N–H and O–H groups in total. The van der Waals surface area contributed by atoms with Crippen LogP contribution in [0, 0.1) is 11.8 Å². The molecule has 0 spiro atoms. The molecule has 9 nitrogen and oxygen atoms in total. The molecule has 0 bridgehead atoms. The molecule has 2 aliphatic heterocycles. The molecule has 3 aromatic carbocycles. The number of carbonyl (C=O) groups is 2. The molecule has 1 aromatic heterocycles. The number of anilines is 1. The van der Waals surface area contributed by atoms with Gasteiger partial charge in [-0.15, -0.1) is 0 Å². The Labute approximate surface area is 267 Å². The zero-order chi connectivity index (χ0) is 32.9. The van der Waals surface area contributed by atoms with Gasteiger partial charge in [0.15, 0.2) is 11.3 Å². The van der Waals surface area contributed by atoms with Crippen molar-refractivity contribution in [3.63, 3.8) is 0 Å². The standard InChI is InChI=1S/C35H30F3N3O6/c36-35(37,38)34(45)47-31-24-13-14-46-27-15-22(11-12-23(27)29(24)39-32(42)28(31)33(43)44)40-18-25-26(19-40)30(25)41(16-20-7-3-1-4-8-20)17-21-9-5-2-6-10-21/h1-12,15,25-26,30H,13-14,16-19H2,(H,39,42)(H,43,44)/t25-,26+,30?. The van der Waals surface area contributed by atoms with Crippen LogP contribution in [0.4, 0.5) is 18.9 Å². The minimum atomic E-state index is -5.39. The number of pyridine rings is 1. The number of esters is 1. The molecule has 3 heterocycles. The van der Waals surface area contributed by atoms with Gasteiger partial charge >= 0.3 is 18.1 Å². The lowest BCUT2D eigenvalue weighted by atomic mass is 10.00. The number of carbonyl (C=O) groups excluding carboxylic acids is 1. The third-order valence-electron chi connectivity index (χ3n) is 9.15. The minimum absolute atomic E-state index is 0.0471. The summed E-state index contributed by atoms with van der Waals surface area (Å²) in [5.41, 5.74) is 1.47. The number of alkyl halides is 3. The van der Waals surface area contributed by atoms with E-state index in [0.29, 0.717) is 29.2 Å². The van der Waals surface area contributed by atoms with Gasteiger partial charge in [0, 0.05) is 61.5 Å². The molecule has 242 valence electrons. The average Bonchev–Trinajstić information content (AvgIpc) is 3.60. The second-order valence-electron chi connectivity index (χ2n) is 12.1. The second kappa shape index (κ2) is 11.9. The normalized spacial score (nSPS) is 19.7. The van der Waals surface area contributed by atoms with Crippen molar-refractivity contribution in [2.75, 3.05) is 24.6 Å². The zero-order valence-electron chi connectivity index (χ0n) is 25.0. The molecule has 0 amide bonds. The first-order valence-corrected chi connectivity index (χ1v) is 15.2. The van der Waals surface area contributed by atoms with Crippen molar-refractivity contribution < 1.29 is 37.3 Å². The van der Waals surface area contributed by atoms with E-state index in [-0.39, 0.29) is 24.3 Å². The minimum Gasteiger partial charge on any atom is -0.492 e. The van der Waals surface area contributed by atoms with Gasteiger partial charge < -0.3 is 24.5 Å². The predicted octanol–water partition coefficient (Wildman–Crippen LogP) is 5.28. The summed E-state index contributed by atoms with van der Waals surface area (Å²) in [7, 11) is 0. The fourth-order valence-electron chi connectivity index (χ4n) is 6.99. The van der Waals surface area contributed by atoms with E-state index in [2.05, 4.69) is 68.1 Å². The lowest BCUT2D eigenvalue weighted by Gasteiger charge is -2.29. The Kier molecular flexibility index (Phi) is 7.75. The van der Waals surface area contributed by atoms with Crippen LogP contribution in [-0.4, -0.2) is 58.8 Å². The van der Waals surface area contributed by atoms with Crippen LogP contribution < -0.4 is 19.9 Å². The third kappa shape index (κ3) is 5.96. The van der Waals surface area contributed by atoms with Crippen LogP contribution in [0.3, 0.4) is 0 Å². The van der Waals surface area contributed by atoms with Crippen LogP contribution in [0.25, 0.3) is 11.3 Å². The number of hydrogen-bond acceptors (Lipinski definition) is 7. The number of ether oxygens (including phenoxy) is 2. The van der Waals surface area contributed by atoms with Crippen LogP contribution in [0.2, 0.25) is 0 Å². The molecule has 4 aromatic rings. The van der Waals surface area contributed by atoms with Crippen molar-refractivity contribution in [2.45, 2.75) is 31.7 Å². The highest BCUT2D eigenvalue weighted by Gasteiger charge is 2.58. The first-order chi connectivity index (χ1) is 22.6. The Bertz CT molecular complexity index is 1840. The number of piperidine rings is 1. The highest BCUT2D eigenvalue weighted by Crippen LogP contribution is 2.51. The smallest absolute Gasteiger partial charge is 0.491 e. The monoisotopic (exact) mass is 645 g/mol. The number of aromatic nitrogens is 1. The Morgan fingerprint density at radius 3 is 2.15 bits per heavy atom. The summed E-state index contributed by atoms with van der Waals surface area (Å²) in [6.07, 6.45) is -5.50. The van der Waals surface area contributed by atoms with Crippen molar-refractivity contribution in [3.8, 4) is 22.8 Å². The molecule has 2 fully saturated rings. The molecule has 7 rings (SSSR count). The number of rotatable bonds is 8. The maximum absolute atomic E-state index is 13.1. The van der Waals surface area contributed by atoms with Crippen LogP contribution in [0.1, 0.15) is 27.0 Å². The molecule has 3 atom stereocenters. The summed E-state index contributed by atoms with van der Waals surface area (Å²) in [6.45, 7) is 3.32. The van der Waals surface area contributed by atoms with Gasteiger partial charge in [0.25, 0.3) is 5.56 Å². The quantitative estimate of drug-likeness (QED) is 0.249. The van der Waals surface area contributed by atoms with E-state index in [0.717, 1.165) is 31.9 Å². The van der Waals surface area contributed by atoms with Gasteiger partial charge in [-0.3, -0.25) is 9.69 Å². The number of halogens is 3. The highest BCUT2D eigenvalue weighted by atomic mass is 19.4. The Hall–Kier alpha value is -5.10. The Morgan fingerprint density at radius 2 is 1.57 bits per heavy atom. The van der Waals surface area contributed by atoms with E-state index >= 15 is 0 Å². The molecule has 1 unspecified atom stereocenters. The maximum atomic E-state index is 13.1. The summed E-state index contributed by atoms with van der Waals surface area (Å²) in [5, 5.41) is 9.58. The van der Waals surface area contributed by atoms with Crippen molar-refractivity contribution >= 4 is 17.6 Å². The summed E-state index contributed by atoms with van der Waals surface area (Å²) in [4.78, 5) is 43.6. The van der Waals surface area contributed by atoms with Crippen LogP contribution >= 0.6 is 0 Å². The van der Waals surface area contributed by atoms with E-state index in [1.54, 1.807) is 6.07 Å². The number of nitrogens with zero attached hydrogens (tertiary/aromatic N) is 2. The van der Waals surface area contributed by atoms with Gasteiger partial charge in [-0.1, -0.05) is 60.7 Å². The van der Waals surface area contributed by atoms with E-state index in [4.69, 9.17) is 4.74 Å². The maximum Gasteiger partial charge on any atom is 0.491 e. The summed E-state index contributed by atoms with van der Waals surface area (Å²) < 4.78 is 49.7. The fraction of sp³-hybridized carbons (Fsp3) is 0.286. The van der Waals surface area contributed by atoms with Crippen molar-refractivity contribution in [2.24, 2.45) is 11.8 Å². The van der Waals surface area contributed by atoms with Gasteiger partial charge in [-0.2, -0.15) is 13.2 Å². The molecule has 12 heteroatoms. The lowest BCUT2D eigenvalue weighted by molar-refractivity contribution is -0.189. The molecular weight excluding hydrogens is 615 g/mol. The summed E-state index contributed by atoms with van der Waals surface area (Å²) in [6, 6.07) is 26.6. The van der Waals surface area contributed by atoms with Crippen molar-refractivity contribution in [1.82, 2.24) is 9.88 Å². The third-order valence-corrected chi connectivity index (χ3v) is 9.15. The molecule has 0 radical (unpaired) electrons. The number of aromatic carboxylic acids is 1. The van der Waals surface area contributed by atoms with Crippen LogP contribution in [-0.2, 0) is 24.3 Å². The number of hydrogen-bond donors (Lipinski definition) is 2. The molecule has 3 aliphatic rings. The molecule has 1 saturated carbocycles. The number of aromatic amines is 1. The predicted molar refractivity (Wildman–Crippen MR) is 165 cm³/mol. The van der Waals surface area contributed by atoms with E-state index in [1.807, 2.05) is 24.3 Å². The Morgan fingerprint density at radius 1 is 0.957 bits per heavy atom. The van der Waals surface area contributed by atoms with Crippen molar-refractivity contribution in [1.29, 1.82) is 0 Å². The number of carboxylic acids is 1. The topological polar surface area (TPSA) is 112 Å². The van der Waals surface area contributed by atoms with Gasteiger partial charge in [-0.25, -0.2) is 9.59 Å². The van der Waals surface area contributed by atoms with E-state index in [9.17, 15) is 32.7 Å². The largest absolute Gasteiger partial charge is 0.492 e. The summed E-state index contributed by atoms with van der Waals surface area (Å²) in [5.74, 6) is -4.05. The summed E-state index contributed by atoms with van der Waals surface area (Å²) >= 11 is 0. The lowest BCUT2D eigenvalue weighted by Crippen LogP contribution is -2.34. The molecule has 1 aliphatic carbocycles.